The third-order valence-electron chi connectivity index (χ3n) is 5.99. The van der Waals surface area contributed by atoms with E-state index in [0.717, 1.165) is 22.4 Å². The molecule has 176 valence electrons. The Morgan fingerprint density at radius 2 is 1.80 bits per heavy atom. The van der Waals surface area contributed by atoms with Crippen molar-refractivity contribution in [2.45, 2.75) is 25.8 Å². The van der Waals surface area contributed by atoms with Gasteiger partial charge in [0.1, 0.15) is 29.2 Å². The summed E-state index contributed by atoms with van der Waals surface area (Å²) < 4.78 is 20.7. The van der Waals surface area contributed by atoms with E-state index in [1.54, 1.807) is 19.2 Å². The van der Waals surface area contributed by atoms with Crippen molar-refractivity contribution in [3.05, 3.63) is 106 Å². The summed E-state index contributed by atoms with van der Waals surface area (Å²) in [7, 11) is 1.61. The van der Waals surface area contributed by atoms with Gasteiger partial charge in [-0.1, -0.05) is 35.9 Å². The number of ether oxygens (including phenoxy) is 1. The minimum Gasteiger partial charge on any atom is -0.497 e. The van der Waals surface area contributed by atoms with Crippen LogP contribution in [-0.4, -0.2) is 33.4 Å². The molecule has 3 aromatic carbocycles. The number of ketones is 1. The van der Waals surface area contributed by atoms with Crippen molar-refractivity contribution in [3.63, 3.8) is 0 Å². The van der Waals surface area contributed by atoms with Crippen molar-refractivity contribution in [3.8, 4) is 11.4 Å². The second-order valence-electron chi connectivity index (χ2n) is 8.37. The number of hydrogen-bond acceptors (Lipinski definition) is 5. The van der Waals surface area contributed by atoms with Crippen LogP contribution in [-0.2, 0) is 11.2 Å². The summed E-state index contributed by atoms with van der Waals surface area (Å²) in [6.07, 6.45) is 0.300. The van der Waals surface area contributed by atoms with E-state index in [1.165, 1.54) is 12.1 Å². The summed E-state index contributed by atoms with van der Waals surface area (Å²) in [5.41, 5.74) is 4.00. The topological polar surface area (TPSA) is 69.4 Å². The van der Waals surface area contributed by atoms with Crippen LogP contribution in [0, 0.1) is 12.7 Å². The zero-order valence-corrected chi connectivity index (χ0v) is 20.0. The van der Waals surface area contributed by atoms with Crippen LogP contribution in [0.4, 0.5) is 4.39 Å². The van der Waals surface area contributed by atoms with Crippen LogP contribution in [0.15, 0.2) is 71.7 Å². The maximum absolute atomic E-state index is 13.3. The number of carbonyl (C=O) groups excluding carboxylic acids is 1. The number of halogens is 2. The van der Waals surface area contributed by atoms with Crippen molar-refractivity contribution in [2.24, 2.45) is 4.99 Å². The molecule has 0 fully saturated rings. The molecule has 1 aliphatic rings. The molecule has 5 rings (SSSR count). The van der Waals surface area contributed by atoms with Crippen LogP contribution in [0.2, 0.25) is 5.02 Å². The fourth-order valence-corrected chi connectivity index (χ4v) is 4.42. The Labute approximate surface area is 207 Å². The molecule has 0 bridgehead atoms. The number of aliphatic imine (C=N–C) groups is 1. The van der Waals surface area contributed by atoms with Crippen molar-refractivity contribution in [1.29, 1.82) is 0 Å². The fourth-order valence-electron chi connectivity index (χ4n) is 4.29. The Morgan fingerprint density at radius 3 is 2.51 bits per heavy atom. The van der Waals surface area contributed by atoms with Gasteiger partial charge in [0.05, 0.1) is 18.5 Å². The lowest BCUT2D eigenvalue weighted by Gasteiger charge is -2.14. The number of fused-ring (bicyclic) bond motifs is 3. The summed E-state index contributed by atoms with van der Waals surface area (Å²) >= 11 is 6.14. The highest BCUT2D eigenvalue weighted by atomic mass is 35.5. The second-order valence-corrected chi connectivity index (χ2v) is 8.81. The van der Waals surface area contributed by atoms with Gasteiger partial charge in [-0.2, -0.15) is 0 Å². The number of aryl methyl sites for hydroxylation is 1. The number of benzene rings is 3. The fraction of sp³-hybridized carbons (Fsp3) is 0.185. The van der Waals surface area contributed by atoms with Gasteiger partial charge in [0.15, 0.2) is 5.82 Å². The van der Waals surface area contributed by atoms with Gasteiger partial charge in [-0.15, -0.1) is 10.2 Å². The molecule has 1 atom stereocenters. The number of Topliss-reactive ketones (excluding diaryl/α,β-unsaturated/α-hetero) is 1. The molecule has 1 aromatic heterocycles. The average molecular weight is 489 g/mol. The van der Waals surface area contributed by atoms with Gasteiger partial charge in [0, 0.05) is 29.0 Å². The molecule has 0 aliphatic carbocycles. The molecule has 0 N–H and O–H groups in total. The van der Waals surface area contributed by atoms with Crippen LogP contribution < -0.4 is 4.74 Å². The van der Waals surface area contributed by atoms with E-state index in [9.17, 15) is 9.18 Å². The van der Waals surface area contributed by atoms with Gasteiger partial charge in [-0.3, -0.25) is 14.4 Å². The Kier molecular flexibility index (Phi) is 6.17. The molecule has 0 saturated carbocycles. The second kappa shape index (κ2) is 9.43. The molecule has 4 aromatic rings. The molecule has 2 heterocycles. The number of hydrogen-bond donors (Lipinski definition) is 0. The summed E-state index contributed by atoms with van der Waals surface area (Å²) in [5.74, 6) is 1.60. The first-order valence-electron chi connectivity index (χ1n) is 11.1. The lowest BCUT2D eigenvalue weighted by molar-refractivity contribution is -0.118. The minimum absolute atomic E-state index is 0.0310. The number of rotatable bonds is 6. The van der Waals surface area contributed by atoms with Gasteiger partial charge in [0.25, 0.3) is 0 Å². The molecular formula is C27H22ClFN4O2. The van der Waals surface area contributed by atoms with E-state index >= 15 is 0 Å². The monoisotopic (exact) mass is 488 g/mol. The van der Waals surface area contributed by atoms with Gasteiger partial charge in [-0.05, 0) is 55.0 Å². The number of aromatic nitrogens is 3. The summed E-state index contributed by atoms with van der Waals surface area (Å²) in [6, 6.07) is 18.6. The quantitative estimate of drug-likeness (QED) is 0.361. The van der Waals surface area contributed by atoms with E-state index < -0.39 is 6.04 Å². The molecule has 6 nitrogen and oxygen atoms in total. The van der Waals surface area contributed by atoms with Crippen molar-refractivity contribution < 1.29 is 13.9 Å². The predicted octanol–water partition coefficient (Wildman–Crippen LogP) is 5.47. The number of carbonyl (C=O) groups is 1. The van der Waals surface area contributed by atoms with Crippen LogP contribution in [0.25, 0.3) is 5.69 Å². The largest absolute Gasteiger partial charge is 0.497 e. The smallest absolute Gasteiger partial charge is 0.162 e. The minimum atomic E-state index is -0.562. The molecule has 0 spiro atoms. The van der Waals surface area contributed by atoms with E-state index in [4.69, 9.17) is 21.3 Å². The lowest BCUT2D eigenvalue weighted by Crippen LogP contribution is -2.12. The lowest BCUT2D eigenvalue weighted by atomic mass is 9.99. The highest BCUT2D eigenvalue weighted by Gasteiger charge is 2.30. The van der Waals surface area contributed by atoms with E-state index in [1.807, 2.05) is 54.0 Å². The maximum Gasteiger partial charge on any atom is 0.162 e. The van der Waals surface area contributed by atoms with Gasteiger partial charge >= 0.3 is 0 Å². The maximum atomic E-state index is 13.3. The third kappa shape index (κ3) is 4.59. The van der Waals surface area contributed by atoms with Crippen LogP contribution in [0.1, 0.15) is 40.8 Å². The first-order chi connectivity index (χ1) is 16.9. The third-order valence-corrected chi connectivity index (χ3v) is 6.24. The average Bonchev–Trinajstić information content (AvgIpc) is 3.18. The molecular weight excluding hydrogens is 467 g/mol. The van der Waals surface area contributed by atoms with Crippen molar-refractivity contribution in [1.82, 2.24) is 14.8 Å². The Balaban J connectivity index is 1.61. The molecule has 1 aliphatic heterocycles. The normalized spacial score (nSPS) is 14.5. The van der Waals surface area contributed by atoms with E-state index in [2.05, 4.69) is 10.2 Å². The molecule has 1 unspecified atom stereocenters. The van der Waals surface area contributed by atoms with Crippen molar-refractivity contribution in [2.75, 3.05) is 7.11 Å². The molecule has 0 radical (unpaired) electrons. The van der Waals surface area contributed by atoms with Gasteiger partial charge < -0.3 is 4.74 Å². The molecule has 35 heavy (non-hydrogen) atoms. The van der Waals surface area contributed by atoms with Crippen LogP contribution in [0.5, 0.6) is 5.75 Å². The Morgan fingerprint density at radius 1 is 1.06 bits per heavy atom. The summed E-state index contributed by atoms with van der Waals surface area (Å²) in [6.45, 7) is 1.87. The van der Waals surface area contributed by atoms with E-state index in [0.29, 0.717) is 28.1 Å². The number of methoxy groups -OCH3 is 1. The van der Waals surface area contributed by atoms with Gasteiger partial charge in [-0.25, -0.2) is 4.39 Å². The molecule has 8 heteroatoms. The zero-order chi connectivity index (χ0) is 24.5. The van der Waals surface area contributed by atoms with Crippen LogP contribution in [0.3, 0.4) is 0 Å². The molecule has 0 saturated heterocycles. The summed E-state index contributed by atoms with van der Waals surface area (Å²) in [5, 5.41) is 9.31. The first kappa shape index (κ1) is 22.9. The molecule has 0 amide bonds. The zero-order valence-electron chi connectivity index (χ0n) is 19.2. The first-order valence-corrected chi connectivity index (χ1v) is 11.5. The Bertz CT molecular complexity index is 1430. The Hall–Kier alpha value is -3.84. The predicted molar refractivity (Wildman–Crippen MR) is 132 cm³/mol. The standard InChI is InChI=1S/C27H22ClFN4O2/c1-16-31-32-27-24(14-21(34)13-17-3-9-20(29)10-4-17)30-26(18-5-7-19(28)8-6-18)23-15-22(35-2)11-12-25(23)33(16)27/h3-12,15,24H,13-14H2,1-2H3. The number of nitrogens with zero attached hydrogens (tertiary/aromatic N) is 4. The highest BCUT2D eigenvalue weighted by molar-refractivity contribution is 6.30. The SMILES string of the molecule is COc1ccc2c(c1)C(c1ccc(Cl)cc1)=NC(CC(=O)Cc1ccc(F)cc1)c1nnc(C)n1-2. The van der Waals surface area contributed by atoms with E-state index in [-0.39, 0.29) is 24.4 Å². The van der Waals surface area contributed by atoms with Gasteiger partial charge in [0.2, 0.25) is 0 Å². The highest BCUT2D eigenvalue weighted by Crippen LogP contribution is 2.34. The van der Waals surface area contributed by atoms with Crippen LogP contribution >= 0.6 is 11.6 Å². The van der Waals surface area contributed by atoms with Crippen molar-refractivity contribution >= 4 is 23.1 Å². The summed E-state index contributed by atoms with van der Waals surface area (Å²) in [4.78, 5) is 18.2.